The van der Waals surface area contributed by atoms with E-state index in [9.17, 15) is 4.79 Å². The largest absolute Gasteiger partial charge is 0.372 e. The summed E-state index contributed by atoms with van der Waals surface area (Å²) in [6.07, 6.45) is 7.80. The molecule has 1 saturated heterocycles. The molecule has 0 N–H and O–H groups in total. The summed E-state index contributed by atoms with van der Waals surface area (Å²) >= 11 is 0. The Morgan fingerprint density at radius 1 is 1.17 bits per heavy atom. The van der Waals surface area contributed by atoms with Gasteiger partial charge in [-0.2, -0.15) is 5.10 Å². The predicted molar refractivity (Wildman–Crippen MR) is 106 cm³/mol. The first kappa shape index (κ1) is 18.3. The third-order valence-corrected chi connectivity index (χ3v) is 5.73. The maximum atomic E-state index is 12.3. The number of hydrogen-bond acceptors (Lipinski definition) is 6. The molecule has 0 aliphatic carbocycles. The standard InChI is InChI=1S/C20H25N7O2/c28-20-3-2-18(26-7-1-6-21-26)23-27(20)12-16-4-8-24(9-5-16)13-17-14-25-10-11-29-15-19(25)22-17/h1-3,6-7,14,16H,4-5,8-13,15H2. The number of piperidine rings is 1. The van der Waals surface area contributed by atoms with Crippen LogP contribution in [-0.2, 0) is 31.0 Å². The average Bonchev–Trinajstić information content (AvgIpc) is 3.40. The lowest BCUT2D eigenvalue weighted by atomic mass is 9.97. The van der Waals surface area contributed by atoms with Gasteiger partial charge in [0.2, 0.25) is 0 Å². The Bertz CT molecular complexity index is 992. The minimum atomic E-state index is -0.0610. The second-order valence-corrected chi connectivity index (χ2v) is 7.78. The van der Waals surface area contributed by atoms with E-state index in [1.165, 1.54) is 0 Å². The normalized spacial score (nSPS) is 18.1. The van der Waals surface area contributed by atoms with Crippen LogP contribution in [0.2, 0.25) is 0 Å². The lowest BCUT2D eigenvalue weighted by molar-refractivity contribution is 0.0816. The zero-order valence-corrected chi connectivity index (χ0v) is 16.4. The molecule has 3 aromatic heterocycles. The second kappa shape index (κ2) is 7.92. The molecule has 1 fully saturated rings. The van der Waals surface area contributed by atoms with Crippen LogP contribution < -0.4 is 5.56 Å². The first-order chi connectivity index (χ1) is 14.2. The summed E-state index contributed by atoms with van der Waals surface area (Å²) in [7, 11) is 0. The number of ether oxygens (including phenoxy) is 1. The van der Waals surface area contributed by atoms with E-state index in [0.717, 1.165) is 57.1 Å². The van der Waals surface area contributed by atoms with Crippen molar-refractivity contribution in [3.8, 4) is 5.82 Å². The minimum absolute atomic E-state index is 0.0610. The van der Waals surface area contributed by atoms with Crippen LogP contribution in [0.15, 0.2) is 41.6 Å². The Hall–Kier alpha value is -2.78. The van der Waals surface area contributed by atoms with Gasteiger partial charge in [-0.3, -0.25) is 9.69 Å². The molecule has 5 heterocycles. The van der Waals surface area contributed by atoms with Crippen molar-refractivity contribution < 1.29 is 4.74 Å². The molecule has 2 aliphatic rings. The number of aromatic nitrogens is 6. The highest BCUT2D eigenvalue weighted by molar-refractivity contribution is 5.17. The summed E-state index contributed by atoms with van der Waals surface area (Å²) in [5, 5.41) is 8.69. The molecule has 9 nitrogen and oxygen atoms in total. The van der Waals surface area contributed by atoms with E-state index < -0.39 is 0 Å². The maximum absolute atomic E-state index is 12.3. The van der Waals surface area contributed by atoms with Gasteiger partial charge in [0, 0.05) is 44.3 Å². The number of imidazole rings is 1. The number of rotatable bonds is 5. The van der Waals surface area contributed by atoms with Crippen molar-refractivity contribution in [2.45, 2.75) is 39.1 Å². The van der Waals surface area contributed by atoms with Gasteiger partial charge in [-0.1, -0.05) is 0 Å². The van der Waals surface area contributed by atoms with Gasteiger partial charge in [0.1, 0.15) is 12.4 Å². The molecular formula is C20H25N7O2. The average molecular weight is 395 g/mol. The smallest absolute Gasteiger partial charge is 0.266 e. The molecule has 0 bridgehead atoms. The Balaban J connectivity index is 1.19. The quantitative estimate of drug-likeness (QED) is 0.643. The lowest BCUT2D eigenvalue weighted by Gasteiger charge is -2.31. The van der Waals surface area contributed by atoms with Crippen molar-refractivity contribution in [3.63, 3.8) is 0 Å². The third kappa shape index (κ3) is 4.01. The van der Waals surface area contributed by atoms with Crippen LogP contribution in [-0.4, -0.2) is 53.7 Å². The van der Waals surface area contributed by atoms with E-state index in [1.807, 2.05) is 12.3 Å². The highest BCUT2D eigenvalue weighted by atomic mass is 16.5. The summed E-state index contributed by atoms with van der Waals surface area (Å²) < 4.78 is 10.9. The fourth-order valence-corrected chi connectivity index (χ4v) is 4.12. The lowest BCUT2D eigenvalue weighted by Crippen LogP contribution is -2.36. The fraction of sp³-hybridized carbons (Fsp3) is 0.500. The van der Waals surface area contributed by atoms with E-state index in [0.29, 0.717) is 24.9 Å². The van der Waals surface area contributed by atoms with E-state index in [4.69, 9.17) is 9.72 Å². The summed E-state index contributed by atoms with van der Waals surface area (Å²) in [4.78, 5) is 19.4. The van der Waals surface area contributed by atoms with Crippen molar-refractivity contribution >= 4 is 0 Å². The first-order valence-corrected chi connectivity index (χ1v) is 10.2. The molecule has 0 spiro atoms. The van der Waals surface area contributed by atoms with Gasteiger partial charge in [0.15, 0.2) is 5.82 Å². The Kier molecular flexibility index (Phi) is 4.99. The molecule has 0 amide bonds. The van der Waals surface area contributed by atoms with Crippen molar-refractivity contribution in [3.05, 3.63) is 58.7 Å². The van der Waals surface area contributed by atoms with Crippen LogP contribution in [0.3, 0.4) is 0 Å². The number of fused-ring (bicyclic) bond motifs is 1. The molecule has 0 unspecified atom stereocenters. The molecule has 9 heteroatoms. The molecule has 0 saturated carbocycles. The summed E-state index contributed by atoms with van der Waals surface area (Å²) in [5.74, 6) is 2.15. The van der Waals surface area contributed by atoms with Crippen LogP contribution in [0.1, 0.15) is 24.4 Å². The van der Waals surface area contributed by atoms with E-state index in [1.54, 1.807) is 27.7 Å². The molecular weight excluding hydrogens is 370 g/mol. The molecule has 152 valence electrons. The Morgan fingerprint density at radius 3 is 2.86 bits per heavy atom. The van der Waals surface area contributed by atoms with Gasteiger partial charge in [-0.25, -0.2) is 14.3 Å². The van der Waals surface area contributed by atoms with Gasteiger partial charge in [0.25, 0.3) is 5.56 Å². The topological polar surface area (TPSA) is 83.0 Å². The van der Waals surface area contributed by atoms with Crippen molar-refractivity contribution in [2.24, 2.45) is 5.92 Å². The van der Waals surface area contributed by atoms with Crippen LogP contribution >= 0.6 is 0 Å². The zero-order valence-electron chi connectivity index (χ0n) is 16.4. The molecule has 0 radical (unpaired) electrons. The summed E-state index contributed by atoms with van der Waals surface area (Å²) in [5.41, 5.74) is 1.06. The van der Waals surface area contributed by atoms with Crippen molar-refractivity contribution in [2.75, 3.05) is 19.7 Å². The highest BCUT2D eigenvalue weighted by Crippen LogP contribution is 2.20. The van der Waals surface area contributed by atoms with Crippen LogP contribution in [0, 0.1) is 5.92 Å². The SMILES string of the molecule is O=c1ccc(-n2cccn2)nn1CC1CCN(Cc2cn3c(n2)COCC3)CC1. The highest BCUT2D eigenvalue weighted by Gasteiger charge is 2.22. The van der Waals surface area contributed by atoms with E-state index in [-0.39, 0.29) is 5.56 Å². The summed E-state index contributed by atoms with van der Waals surface area (Å²) in [6.45, 7) is 5.82. The summed E-state index contributed by atoms with van der Waals surface area (Å²) in [6, 6.07) is 5.13. The zero-order chi connectivity index (χ0) is 19.6. The number of nitrogens with zero attached hydrogens (tertiary/aromatic N) is 7. The van der Waals surface area contributed by atoms with Crippen molar-refractivity contribution in [1.29, 1.82) is 0 Å². The molecule has 2 aliphatic heterocycles. The fourth-order valence-electron chi connectivity index (χ4n) is 4.12. The number of hydrogen-bond donors (Lipinski definition) is 0. The van der Waals surface area contributed by atoms with Gasteiger partial charge in [-0.05, 0) is 44.0 Å². The third-order valence-electron chi connectivity index (χ3n) is 5.73. The maximum Gasteiger partial charge on any atom is 0.266 e. The van der Waals surface area contributed by atoms with Gasteiger partial charge in [0.05, 0.1) is 12.3 Å². The van der Waals surface area contributed by atoms with E-state index >= 15 is 0 Å². The van der Waals surface area contributed by atoms with Gasteiger partial charge in [-0.15, -0.1) is 5.10 Å². The monoisotopic (exact) mass is 395 g/mol. The Labute approximate surface area is 168 Å². The molecule has 3 aromatic rings. The van der Waals surface area contributed by atoms with Crippen LogP contribution in [0.5, 0.6) is 0 Å². The second-order valence-electron chi connectivity index (χ2n) is 7.78. The van der Waals surface area contributed by atoms with Crippen LogP contribution in [0.4, 0.5) is 0 Å². The Morgan fingerprint density at radius 2 is 2.07 bits per heavy atom. The van der Waals surface area contributed by atoms with Crippen LogP contribution in [0.25, 0.3) is 5.82 Å². The number of likely N-dealkylation sites (tertiary alicyclic amines) is 1. The van der Waals surface area contributed by atoms with Gasteiger partial charge < -0.3 is 9.30 Å². The van der Waals surface area contributed by atoms with Crippen molar-refractivity contribution in [1.82, 2.24) is 34.0 Å². The van der Waals surface area contributed by atoms with E-state index in [2.05, 4.69) is 25.9 Å². The molecule has 5 rings (SSSR count). The molecule has 0 atom stereocenters. The molecule has 29 heavy (non-hydrogen) atoms. The first-order valence-electron chi connectivity index (χ1n) is 10.2. The predicted octanol–water partition coefficient (Wildman–Crippen LogP) is 1.07. The molecule has 0 aromatic carbocycles. The van der Waals surface area contributed by atoms with Gasteiger partial charge >= 0.3 is 0 Å². The minimum Gasteiger partial charge on any atom is -0.372 e.